The molecule has 0 aliphatic carbocycles. The highest BCUT2D eigenvalue weighted by Gasteiger charge is 2.32. The van der Waals surface area contributed by atoms with E-state index in [1.807, 2.05) is 0 Å². The molecule has 2 heterocycles. The highest BCUT2D eigenvalue weighted by atomic mass is 19.4. The van der Waals surface area contributed by atoms with Crippen LogP contribution in [-0.4, -0.2) is 29.0 Å². The third kappa shape index (κ3) is 4.09. The number of rotatable bonds is 5. The normalized spacial score (nSPS) is 12.9. The third-order valence-electron chi connectivity index (χ3n) is 3.85. The Morgan fingerprint density at radius 3 is 2.31 bits per heavy atom. The van der Waals surface area contributed by atoms with Gasteiger partial charge in [0.2, 0.25) is 5.91 Å². The van der Waals surface area contributed by atoms with Gasteiger partial charge in [0.15, 0.2) is 11.6 Å². The Morgan fingerprint density at radius 1 is 1.19 bits per heavy atom. The Labute approximate surface area is 147 Å². The van der Waals surface area contributed by atoms with Gasteiger partial charge in [-0.05, 0) is 30.2 Å². The average Bonchev–Trinajstić information content (AvgIpc) is 2.53. The molecule has 2 rings (SSSR count). The number of amides is 1. The monoisotopic (exact) mass is 370 g/mol. The zero-order chi connectivity index (χ0) is 19.6. The van der Waals surface area contributed by atoms with Crippen molar-refractivity contribution in [3.05, 3.63) is 42.0 Å². The first-order valence-corrected chi connectivity index (χ1v) is 7.74. The van der Waals surface area contributed by atoms with Crippen LogP contribution in [0.5, 0.6) is 0 Å². The molecule has 0 unspecified atom stereocenters. The van der Waals surface area contributed by atoms with Crippen molar-refractivity contribution in [2.45, 2.75) is 26.1 Å². The second-order valence-electron chi connectivity index (χ2n) is 6.13. The molecule has 1 atom stereocenters. The molecular weight excluding hydrogens is 352 g/mol. The molecule has 2 aromatic heterocycles. The maximum atomic E-state index is 14.2. The lowest BCUT2D eigenvalue weighted by molar-refractivity contribution is -0.141. The number of halogens is 4. The van der Waals surface area contributed by atoms with Crippen molar-refractivity contribution < 1.29 is 22.4 Å². The fourth-order valence-corrected chi connectivity index (χ4v) is 2.65. The van der Waals surface area contributed by atoms with E-state index in [0.29, 0.717) is 0 Å². The van der Waals surface area contributed by atoms with Crippen LogP contribution in [0, 0.1) is 11.7 Å². The van der Waals surface area contributed by atoms with E-state index in [-0.39, 0.29) is 23.0 Å². The van der Waals surface area contributed by atoms with E-state index < -0.39 is 29.6 Å². The number of nitrogens with two attached hydrogens (primary N) is 1. The molecule has 0 saturated carbocycles. The second kappa shape index (κ2) is 7.27. The van der Waals surface area contributed by atoms with Crippen LogP contribution in [0.4, 0.5) is 23.4 Å². The van der Waals surface area contributed by atoms with E-state index in [4.69, 9.17) is 5.73 Å². The number of nitrogens with zero attached hydrogens (tertiary/aromatic N) is 3. The van der Waals surface area contributed by atoms with Crippen LogP contribution in [0.1, 0.15) is 19.5 Å². The first-order valence-electron chi connectivity index (χ1n) is 7.74. The fourth-order valence-electron chi connectivity index (χ4n) is 2.65. The zero-order valence-corrected chi connectivity index (χ0v) is 14.4. The van der Waals surface area contributed by atoms with Gasteiger partial charge in [0, 0.05) is 18.8 Å². The van der Waals surface area contributed by atoms with Crippen molar-refractivity contribution in [1.82, 2.24) is 9.97 Å². The fraction of sp³-hybridized carbons (Fsp3) is 0.353. The number of alkyl halides is 3. The Kier molecular flexibility index (Phi) is 5.48. The minimum absolute atomic E-state index is 0.125. The lowest BCUT2D eigenvalue weighted by Gasteiger charge is -2.30. The zero-order valence-electron chi connectivity index (χ0n) is 14.4. The summed E-state index contributed by atoms with van der Waals surface area (Å²) in [5.74, 6) is -1.64. The summed E-state index contributed by atoms with van der Waals surface area (Å²) in [4.78, 5) is 20.5. The lowest BCUT2D eigenvalue weighted by Crippen LogP contribution is -2.47. The van der Waals surface area contributed by atoms with Crippen molar-refractivity contribution in [3.63, 3.8) is 0 Å². The van der Waals surface area contributed by atoms with Crippen molar-refractivity contribution in [1.29, 1.82) is 0 Å². The van der Waals surface area contributed by atoms with Crippen molar-refractivity contribution in [3.8, 4) is 11.3 Å². The van der Waals surface area contributed by atoms with Gasteiger partial charge < -0.3 is 10.6 Å². The summed E-state index contributed by atoms with van der Waals surface area (Å²) in [5, 5.41) is 0. The number of aromatic nitrogens is 2. The quantitative estimate of drug-likeness (QED) is 0.820. The molecule has 2 N–H and O–H groups in total. The highest BCUT2D eigenvalue weighted by Crippen LogP contribution is 2.30. The van der Waals surface area contributed by atoms with Gasteiger partial charge in [0.05, 0.1) is 5.69 Å². The van der Waals surface area contributed by atoms with E-state index in [1.54, 1.807) is 13.8 Å². The first-order chi connectivity index (χ1) is 12.0. The van der Waals surface area contributed by atoms with Crippen LogP contribution in [0.3, 0.4) is 0 Å². The minimum atomic E-state index is -4.55. The number of anilines is 1. The van der Waals surface area contributed by atoms with Gasteiger partial charge in [0.1, 0.15) is 11.7 Å². The van der Waals surface area contributed by atoms with Crippen LogP contribution < -0.4 is 10.6 Å². The molecule has 26 heavy (non-hydrogen) atoms. The van der Waals surface area contributed by atoms with Crippen LogP contribution in [0.2, 0.25) is 0 Å². The lowest BCUT2D eigenvalue weighted by atomic mass is 10.0. The van der Waals surface area contributed by atoms with E-state index in [2.05, 4.69) is 9.97 Å². The van der Waals surface area contributed by atoms with Crippen LogP contribution in [-0.2, 0) is 11.0 Å². The summed E-state index contributed by atoms with van der Waals surface area (Å²) in [7, 11) is 1.48. The van der Waals surface area contributed by atoms with Crippen LogP contribution in [0.15, 0.2) is 30.5 Å². The van der Waals surface area contributed by atoms with Crippen molar-refractivity contribution in [2.24, 2.45) is 11.7 Å². The van der Waals surface area contributed by atoms with Crippen LogP contribution in [0.25, 0.3) is 11.3 Å². The molecule has 0 aliphatic heterocycles. The largest absolute Gasteiger partial charge is 0.433 e. The predicted octanol–water partition coefficient (Wildman–Crippen LogP) is 3.25. The van der Waals surface area contributed by atoms with Crippen LogP contribution >= 0.6 is 0 Å². The molecule has 0 aromatic carbocycles. The van der Waals surface area contributed by atoms with Gasteiger partial charge >= 0.3 is 6.18 Å². The average molecular weight is 370 g/mol. The highest BCUT2D eigenvalue weighted by molar-refractivity contribution is 5.83. The predicted molar refractivity (Wildman–Crippen MR) is 88.7 cm³/mol. The van der Waals surface area contributed by atoms with E-state index in [1.165, 1.54) is 24.1 Å². The Hall–Kier alpha value is -2.71. The van der Waals surface area contributed by atoms with Gasteiger partial charge in [-0.1, -0.05) is 13.8 Å². The number of pyridine rings is 2. The summed E-state index contributed by atoms with van der Waals surface area (Å²) >= 11 is 0. The Bertz CT molecular complexity index is 790. The SMILES string of the molecule is CC(C)[C@@H](C(N)=O)N(C)c1nc(-c2ccc(C(F)(F)F)nc2)ccc1F. The van der Waals surface area contributed by atoms with Crippen molar-refractivity contribution in [2.75, 3.05) is 11.9 Å². The molecule has 2 aromatic rings. The molecule has 1 amide bonds. The number of hydrogen-bond donors (Lipinski definition) is 1. The molecule has 0 saturated heterocycles. The van der Waals surface area contributed by atoms with Gasteiger partial charge in [-0.25, -0.2) is 9.37 Å². The summed E-state index contributed by atoms with van der Waals surface area (Å²) in [6.45, 7) is 3.51. The maximum absolute atomic E-state index is 14.2. The molecule has 0 fully saturated rings. The van der Waals surface area contributed by atoms with E-state index >= 15 is 0 Å². The number of hydrogen-bond acceptors (Lipinski definition) is 4. The smallest absolute Gasteiger partial charge is 0.368 e. The summed E-state index contributed by atoms with van der Waals surface area (Å²) in [6.07, 6.45) is -3.53. The minimum Gasteiger partial charge on any atom is -0.368 e. The van der Waals surface area contributed by atoms with Gasteiger partial charge in [0.25, 0.3) is 0 Å². The number of primary amides is 1. The summed E-state index contributed by atoms with van der Waals surface area (Å²) < 4.78 is 52.0. The molecular formula is C17H18F4N4O. The van der Waals surface area contributed by atoms with E-state index in [9.17, 15) is 22.4 Å². The molecule has 9 heteroatoms. The first kappa shape index (κ1) is 19.6. The van der Waals surface area contributed by atoms with E-state index in [0.717, 1.165) is 18.3 Å². The van der Waals surface area contributed by atoms with Crippen molar-refractivity contribution >= 4 is 11.7 Å². The molecule has 0 spiro atoms. The maximum Gasteiger partial charge on any atom is 0.433 e. The number of likely N-dealkylation sites (N-methyl/N-ethyl adjacent to an activating group) is 1. The third-order valence-corrected chi connectivity index (χ3v) is 3.85. The second-order valence-corrected chi connectivity index (χ2v) is 6.13. The van der Waals surface area contributed by atoms with Gasteiger partial charge in [-0.15, -0.1) is 0 Å². The molecule has 0 aliphatic rings. The summed E-state index contributed by atoms with van der Waals surface area (Å²) in [5.41, 5.74) is 4.86. The molecule has 5 nitrogen and oxygen atoms in total. The topological polar surface area (TPSA) is 72.1 Å². The van der Waals surface area contributed by atoms with Gasteiger partial charge in [-0.3, -0.25) is 9.78 Å². The Morgan fingerprint density at radius 2 is 1.85 bits per heavy atom. The molecule has 0 bridgehead atoms. The Balaban J connectivity index is 2.42. The van der Waals surface area contributed by atoms with Gasteiger partial charge in [-0.2, -0.15) is 13.2 Å². The number of carbonyl (C=O) groups is 1. The molecule has 140 valence electrons. The summed E-state index contributed by atoms with van der Waals surface area (Å²) in [6, 6.07) is 3.69. The molecule has 0 radical (unpaired) electrons. The standard InChI is InChI=1S/C17H18F4N4O/c1-9(2)14(15(22)26)25(3)16-11(18)5-6-12(24-16)10-4-7-13(23-8-10)17(19,20)21/h4-9,14H,1-3H3,(H2,22,26)/t14-/m0/s1. The number of carbonyl (C=O) groups excluding carboxylic acids is 1.